The summed E-state index contributed by atoms with van der Waals surface area (Å²) < 4.78 is 1.66. The fraction of sp³-hybridized carbons (Fsp3) is 0.150. The third-order valence-electron chi connectivity index (χ3n) is 4.30. The summed E-state index contributed by atoms with van der Waals surface area (Å²) in [6.45, 7) is 2.68. The Morgan fingerprint density at radius 2 is 1.88 bits per heavy atom. The highest BCUT2D eigenvalue weighted by atomic mass is 16.1. The van der Waals surface area contributed by atoms with Crippen molar-refractivity contribution in [1.29, 1.82) is 0 Å². The van der Waals surface area contributed by atoms with E-state index in [1.54, 1.807) is 17.1 Å². The molecule has 122 valence electrons. The lowest BCUT2D eigenvalue weighted by Gasteiger charge is -2.22. The molecule has 0 unspecified atom stereocenters. The van der Waals surface area contributed by atoms with E-state index in [9.17, 15) is 4.79 Å². The highest BCUT2D eigenvalue weighted by Gasteiger charge is 2.21. The second kappa shape index (κ2) is 6.25. The Labute approximate surface area is 145 Å². The van der Waals surface area contributed by atoms with E-state index in [0.717, 1.165) is 24.2 Å². The number of fused-ring (bicyclic) bond motifs is 1. The molecular formula is C20H16N4O. The van der Waals surface area contributed by atoms with Crippen LogP contribution in [0, 0.1) is 18.8 Å². The maximum absolute atomic E-state index is 13.0. The van der Waals surface area contributed by atoms with Gasteiger partial charge in [-0.25, -0.2) is 14.6 Å². The number of anilines is 1. The van der Waals surface area contributed by atoms with E-state index in [0.29, 0.717) is 11.1 Å². The summed E-state index contributed by atoms with van der Waals surface area (Å²) >= 11 is 0. The van der Waals surface area contributed by atoms with Crippen LogP contribution < -0.4 is 10.6 Å². The van der Waals surface area contributed by atoms with E-state index in [4.69, 9.17) is 0 Å². The van der Waals surface area contributed by atoms with Gasteiger partial charge in [-0.15, -0.1) is 0 Å². The number of nitrogens with zero attached hydrogens (tertiary/aromatic N) is 4. The van der Waals surface area contributed by atoms with Gasteiger partial charge in [0.05, 0.1) is 16.8 Å². The standard InChI is InChI=1S/C20H16N4O/c1-15-8-10-24(23-11-9-17-4-2-3-5-19(17)23)20(25)18(15)7-6-16-12-21-14-22-13-16/h2-5,8,10,12-14H,9,11H2,1H3. The van der Waals surface area contributed by atoms with Gasteiger partial charge in [0.25, 0.3) is 5.56 Å². The normalized spacial score (nSPS) is 12.4. The summed E-state index contributed by atoms with van der Waals surface area (Å²) in [5, 5.41) is 2.01. The molecule has 0 atom stereocenters. The van der Waals surface area contributed by atoms with E-state index in [2.05, 4.69) is 27.9 Å². The first-order valence-electron chi connectivity index (χ1n) is 8.09. The highest BCUT2D eigenvalue weighted by molar-refractivity contribution is 5.57. The van der Waals surface area contributed by atoms with E-state index in [1.165, 1.54) is 11.9 Å². The molecule has 0 aliphatic carbocycles. The number of benzene rings is 1. The van der Waals surface area contributed by atoms with Crippen molar-refractivity contribution in [2.75, 3.05) is 11.6 Å². The number of pyridine rings is 1. The Bertz CT molecular complexity index is 1040. The Balaban J connectivity index is 1.78. The summed E-state index contributed by atoms with van der Waals surface area (Å²) in [4.78, 5) is 20.9. The average molecular weight is 328 g/mol. The van der Waals surface area contributed by atoms with Crippen LogP contribution >= 0.6 is 0 Å². The third kappa shape index (κ3) is 2.79. The molecule has 0 radical (unpaired) electrons. The molecule has 5 nitrogen and oxygen atoms in total. The van der Waals surface area contributed by atoms with Crippen molar-refractivity contribution in [3.63, 3.8) is 0 Å². The number of hydrogen-bond donors (Lipinski definition) is 0. The molecule has 1 aliphatic rings. The van der Waals surface area contributed by atoms with E-state index >= 15 is 0 Å². The van der Waals surface area contributed by atoms with Crippen LogP contribution in [0.25, 0.3) is 0 Å². The number of para-hydroxylation sites is 1. The zero-order valence-corrected chi connectivity index (χ0v) is 13.8. The van der Waals surface area contributed by atoms with E-state index in [1.807, 2.05) is 42.4 Å². The van der Waals surface area contributed by atoms with E-state index < -0.39 is 0 Å². The maximum Gasteiger partial charge on any atom is 0.285 e. The fourth-order valence-electron chi connectivity index (χ4n) is 3.00. The summed E-state index contributed by atoms with van der Waals surface area (Å²) in [5.74, 6) is 5.97. The minimum Gasteiger partial charge on any atom is -0.278 e. The predicted molar refractivity (Wildman–Crippen MR) is 96.3 cm³/mol. The molecule has 0 fully saturated rings. The van der Waals surface area contributed by atoms with Crippen molar-refractivity contribution in [2.24, 2.45) is 0 Å². The first-order chi connectivity index (χ1) is 12.2. The first kappa shape index (κ1) is 15.2. The minimum atomic E-state index is -0.110. The van der Waals surface area contributed by atoms with Crippen molar-refractivity contribution < 1.29 is 0 Å². The summed E-state index contributed by atoms with van der Waals surface area (Å²) in [6.07, 6.45) is 7.47. The fourth-order valence-corrected chi connectivity index (χ4v) is 3.00. The number of rotatable bonds is 1. The molecule has 5 heteroatoms. The van der Waals surface area contributed by atoms with Crippen LogP contribution in [0.3, 0.4) is 0 Å². The molecule has 4 rings (SSSR count). The third-order valence-corrected chi connectivity index (χ3v) is 4.30. The smallest absolute Gasteiger partial charge is 0.278 e. The summed E-state index contributed by atoms with van der Waals surface area (Å²) in [7, 11) is 0. The molecule has 0 N–H and O–H groups in total. The SMILES string of the molecule is Cc1ccn(N2CCc3ccccc32)c(=O)c1C#Cc1cncnc1. The molecule has 3 heterocycles. The Kier molecular flexibility index (Phi) is 3.79. The molecule has 0 bridgehead atoms. The largest absolute Gasteiger partial charge is 0.285 e. The van der Waals surface area contributed by atoms with Crippen LogP contribution in [0.15, 0.2) is 60.0 Å². The van der Waals surface area contributed by atoms with Gasteiger partial charge in [-0.1, -0.05) is 30.0 Å². The van der Waals surface area contributed by atoms with Gasteiger partial charge in [0, 0.05) is 25.1 Å². The number of aryl methyl sites for hydroxylation is 1. The molecule has 0 spiro atoms. The van der Waals surface area contributed by atoms with Crippen molar-refractivity contribution in [3.05, 3.63) is 87.9 Å². The van der Waals surface area contributed by atoms with Gasteiger partial charge in [-0.05, 0) is 36.6 Å². The van der Waals surface area contributed by atoms with Crippen molar-refractivity contribution >= 4 is 5.69 Å². The molecule has 1 aromatic carbocycles. The maximum atomic E-state index is 13.0. The Morgan fingerprint density at radius 1 is 1.08 bits per heavy atom. The van der Waals surface area contributed by atoms with Crippen molar-refractivity contribution in [2.45, 2.75) is 13.3 Å². The van der Waals surface area contributed by atoms with Crippen LogP contribution in [0.2, 0.25) is 0 Å². The van der Waals surface area contributed by atoms with Gasteiger partial charge in [-0.2, -0.15) is 0 Å². The predicted octanol–water partition coefficient (Wildman–Crippen LogP) is 2.17. The molecule has 2 aromatic heterocycles. The van der Waals surface area contributed by atoms with Crippen LogP contribution in [0.4, 0.5) is 5.69 Å². The van der Waals surface area contributed by atoms with E-state index in [-0.39, 0.29) is 5.56 Å². The van der Waals surface area contributed by atoms with Crippen molar-refractivity contribution in [1.82, 2.24) is 14.6 Å². The molecule has 25 heavy (non-hydrogen) atoms. The number of hydrogen-bond acceptors (Lipinski definition) is 4. The van der Waals surface area contributed by atoms with Gasteiger partial charge in [0.2, 0.25) is 0 Å². The lowest BCUT2D eigenvalue weighted by atomic mass is 10.1. The quantitative estimate of drug-likeness (QED) is 0.643. The lowest BCUT2D eigenvalue weighted by molar-refractivity contribution is 0.689. The van der Waals surface area contributed by atoms with Gasteiger partial charge in [0.1, 0.15) is 6.33 Å². The van der Waals surface area contributed by atoms with Crippen LogP contribution in [0.1, 0.15) is 22.3 Å². The van der Waals surface area contributed by atoms with Gasteiger partial charge < -0.3 is 0 Å². The number of aromatic nitrogens is 3. The topological polar surface area (TPSA) is 51.0 Å². The second-order valence-electron chi connectivity index (χ2n) is 5.90. The zero-order chi connectivity index (χ0) is 17.2. The summed E-state index contributed by atoms with van der Waals surface area (Å²) in [5.41, 5.74) is 4.26. The van der Waals surface area contributed by atoms with Crippen LogP contribution in [0.5, 0.6) is 0 Å². The zero-order valence-electron chi connectivity index (χ0n) is 13.8. The van der Waals surface area contributed by atoms with Gasteiger partial charge in [-0.3, -0.25) is 9.80 Å². The monoisotopic (exact) mass is 328 g/mol. The Morgan fingerprint density at radius 3 is 2.72 bits per heavy atom. The van der Waals surface area contributed by atoms with Crippen molar-refractivity contribution in [3.8, 4) is 11.8 Å². The molecule has 1 aliphatic heterocycles. The molecule has 0 saturated carbocycles. The highest BCUT2D eigenvalue weighted by Crippen LogP contribution is 2.27. The molecule has 3 aromatic rings. The minimum absolute atomic E-state index is 0.110. The molecule has 0 saturated heterocycles. The average Bonchev–Trinajstić information content (AvgIpc) is 3.06. The van der Waals surface area contributed by atoms with Gasteiger partial charge >= 0.3 is 0 Å². The van der Waals surface area contributed by atoms with Crippen LogP contribution in [-0.2, 0) is 6.42 Å². The Hall–Kier alpha value is -3.39. The molecule has 0 amide bonds. The first-order valence-corrected chi connectivity index (χ1v) is 8.09. The summed E-state index contributed by atoms with van der Waals surface area (Å²) in [6, 6.07) is 10.1. The van der Waals surface area contributed by atoms with Gasteiger partial charge in [0.15, 0.2) is 0 Å². The molecular weight excluding hydrogens is 312 g/mol. The van der Waals surface area contributed by atoms with Crippen LogP contribution in [-0.4, -0.2) is 21.2 Å². The second-order valence-corrected chi connectivity index (χ2v) is 5.90. The lowest BCUT2D eigenvalue weighted by Crippen LogP contribution is -2.38.